The Balaban J connectivity index is 2.91. The van der Waals surface area contributed by atoms with Crippen LogP contribution < -0.4 is 4.90 Å². The lowest BCUT2D eigenvalue weighted by atomic mass is 10.2. The van der Waals surface area contributed by atoms with Gasteiger partial charge in [0, 0.05) is 19.2 Å². The average Bonchev–Trinajstić information content (AvgIpc) is 2.12. The van der Waals surface area contributed by atoms with Crippen molar-refractivity contribution in [1.29, 1.82) is 0 Å². The van der Waals surface area contributed by atoms with Crippen LogP contribution >= 0.6 is 11.6 Å². The Labute approximate surface area is 96.5 Å². The second kappa shape index (κ2) is 5.31. The van der Waals surface area contributed by atoms with E-state index in [9.17, 15) is 0 Å². The lowest BCUT2D eigenvalue weighted by Crippen LogP contribution is -2.28. The van der Waals surface area contributed by atoms with Crippen LogP contribution in [-0.2, 0) is 0 Å². The molecule has 3 nitrogen and oxygen atoms in total. The van der Waals surface area contributed by atoms with Gasteiger partial charge in [-0.25, -0.2) is 9.97 Å². The fraction of sp³-hybridized carbons (Fsp3) is 0.636. The molecule has 0 unspecified atom stereocenters. The Hall–Kier alpha value is -0.830. The highest BCUT2D eigenvalue weighted by molar-refractivity contribution is 6.29. The second-order valence-electron chi connectivity index (χ2n) is 4.03. The smallest absolute Gasteiger partial charge is 0.134 e. The monoisotopic (exact) mass is 227 g/mol. The van der Waals surface area contributed by atoms with E-state index in [1.807, 2.05) is 13.0 Å². The Kier molecular flexibility index (Phi) is 4.33. The zero-order valence-corrected chi connectivity index (χ0v) is 10.5. The second-order valence-corrected chi connectivity index (χ2v) is 4.42. The van der Waals surface area contributed by atoms with Crippen molar-refractivity contribution in [1.82, 2.24) is 9.97 Å². The molecule has 0 atom stereocenters. The van der Waals surface area contributed by atoms with Gasteiger partial charge in [0.2, 0.25) is 0 Å². The molecule has 0 saturated heterocycles. The van der Waals surface area contributed by atoms with Gasteiger partial charge in [-0.1, -0.05) is 25.4 Å². The van der Waals surface area contributed by atoms with Crippen molar-refractivity contribution < 1.29 is 0 Å². The van der Waals surface area contributed by atoms with Crippen molar-refractivity contribution in [3.8, 4) is 0 Å². The van der Waals surface area contributed by atoms with E-state index in [0.717, 1.165) is 24.7 Å². The van der Waals surface area contributed by atoms with Crippen molar-refractivity contribution in [2.24, 2.45) is 5.92 Å². The van der Waals surface area contributed by atoms with Crippen LogP contribution in [0, 0.1) is 12.8 Å². The summed E-state index contributed by atoms with van der Waals surface area (Å²) >= 11 is 5.91. The van der Waals surface area contributed by atoms with Gasteiger partial charge in [-0.15, -0.1) is 0 Å². The average molecular weight is 228 g/mol. The minimum absolute atomic E-state index is 0.514. The summed E-state index contributed by atoms with van der Waals surface area (Å²) < 4.78 is 0. The van der Waals surface area contributed by atoms with Gasteiger partial charge in [0.25, 0.3) is 0 Å². The molecule has 15 heavy (non-hydrogen) atoms. The zero-order valence-electron chi connectivity index (χ0n) is 9.79. The van der Waals surface area contributed by atoms with E-state index in [-0.39, 0.29) is 0 Å². The minimum Gasteiger partial charge on any atom is -0.356 e. The minimum atomic E-state index is 0.514. The molecular formula is C11H18ClN3. The molecule has 0 spiro atoms. The van der Waals surface area contributed by atoms with Crippen LogP contribution in [0.25, 0.3) is 0 Å². The molecule has 0 radical (unpaired) electrons. The van der Waals surface area contributed by atoms with E-state index in [4.69, 9.17) is 11.6 Å². The molecular weight excluding hydrogens is 210 g/mol. The normalized spacial score (nSPS) is 10.8. The van der Waals surface area contributed by atoms with Crippen molar-refractivity contribution in [2.45, 2.75) is 27.7 Å². The summed E-state index contributed by atoms with van der Waals surface area (Å²) in [5.41, 5.74) is 0. The largest absolute Gasteiger partial charge is 0.356 e. The van der Waals surface area contributed by atoms with Crippen LogP contribution in [0.1, 0.15) is 26.6 Å². The quantitative estimate of drug-likeness (QED) is 0.741. The zero-order chi connectivity index (χ0) is 11.4. The molecule has 0 bridgehead atoms. The maximum absolute atomic E-state index is 5.91. The fourth-order valence-corrected chi connectivity index (χ4v) is 1.72. The first kappa shape index (κ1) is 12.2. The third kappa shape index (κ3) is 3.67. The van der Waals surface area contributed by atoms with Crippen molar-refractivity contribution in [3.63, 3.8) is 0 Å². The molecule has 0 N–H and O–H groups in total. The number of hydrogen-bond acceptors (Lipinski definition) is 3. The third-order valence-electron chi connectivity index (χ3n) is 2.08. The SMILES string of the molecule is CCN(CC(C)C)c1cc(Cl)nc(C)n1. The summed E-state index contributed by atoms with van der Waals surface area (Å²) in [5, 5.41) is 0.514. The van der Waals surface area contributed by atoms with Crippen LogP contribution in [0.5, 0.6) is 0 Å². The summed E-state index contributed by atoms with van der Waals surface area (Å²) in [7, 11) is 0. The number of nitrogens with zero attached hydrogens (tertiary/aromatic N) is 3. The summed E-state index contributed by atoms with van der Waals surface area (Å²) in [6, 6.07) is 1.82. The van der Waals surface area contributed by atoms with Crippen LogP contribution in [0.3, 0.4) is 0 Å². The van der Waals surface area contributed by atoms with E-state index < -0.39 is 0 Å². The molecule has 84 valence electrons. The number of hydrogen-bond donors (Lipinski definition) is 0. The summed E-state index contributed by atoms with van der Waals surface area (Å²) in [5.74, 6) is 2.25. The molecule has 1 aromatic rings. The number of halogens is 1. The first-order valence-corrected chi connectivity index (χ1v) is 5.66. The topological polar surface area (TPSA) is 29.0 Å². The summed E-state index contributed by atoms with van der Waals surface area (Å²) in [6.07, 6.45) is 0. The molecule has 0 saturated carbocycles. The lowest BCUT2D eigenvalue weighted by molar-refractivity contribution is 0.613. The maximum Gasteiger partial charge on any atom is 0.134 e. The van der Waals surface area contributed by atoms with Crippen LogP contribution in [-0.4, -0.2) is 23.1 Å². The molecule has 0 aliphatic heterocycles. The summed E-state index contributed by atoms with van der Waals surface area (Å²) in [4.78, 5) is 10.7. The van der Waals surface area contributed by atoms with E-state index >= 15 is 0 Å². The highest BCUT2D eigenvalue weighted by Gasteiger charge is 2.09. The maximum atomic E-state index is 5.91. The molecule has 0 aliphatic rings. The van der Waals surface area contributed by atoms with Gasteiger partial charge in [-0.05, 0) is 19.8 Å². The molecule has 0 fully saturated rings. The Morgan fingerprint density at radius 2 is 2.07 bits per heavy atom. The number of anilines is 1. The Morgan fingerprint density at radius 3 is 2.53 bits per heavy atom. The van der Waals surface area contributed by atoms with Crippen LogP contribution in [0.2, 0.25) is 5.15 Å². The fourth-order valence-electron chi connectivity index (χ4n) is 1.50. The van der Waals surface area contributed by atoms with Crippen molar-refractivity contribution in [3.05, 3.63) is 17.0 Å². The van der Waals surface area contributed by atoms with E-state index in [1.54, 1.807) is 0 Å². The van der Waals surface area contributed by atoms with Crippen LogP contribution in [0.4, 0.5) is 5.82 Å². The Morgan fingerprint density at radius 1 is 1.40 bits per heavy atom. The lowest BCUT2D eigenvalue weighted by Gasteiger charge is -2.24. The molecule has 0 amide bonds. The van der Waals surface area contributed by atoms with E-state index in [2.05, 4.69) is 35.6 Å². The predicted octanol–water partition coefficient (Wildman–Crippen LogP) is 2.92. The first-order chi connectivity index (χ1) is 7.02. The Bertz CT molecular complexity index is 305. The standard InChI is InChI=1S/C11H18ClN3/c1-5-15(7-8(2)3)11-6-10(12)13-9(4)14-11/h6,8H,5,7H2,1-4H3. The van der Waals surface area contributed by atoms with E-state index in [0.29, 0.717) is 11.1 Å². The van der Waals surface area contributed by atoms with E-state index in [1.165, 1.54) is 0 Å². The number of aryl methyl sites for hydroxylation is 1. The molecule has 0 aromatic carbocycles. The van der Waals surface area contributed by atoms with Gasteiger partial charge >= 0.3 is 0 Å². The molecule has 1 aromatic heterocycles. The van der Waals surface area contributed by atoms with Crippen molar-refractivity contribution >= 4 is 17.4 Å². The van der Waals surface area contributed by atoms with Crippen molar-refractivity contribution in [2.75, 3.05) is 18.0 Å². The third-order valence-corrected chi connectivity index (χ3v) is 2.28. The number of aromatic nitrogens is 2. The van der Waals surface area contributed by atoms with Gasteiger partial charge in [-0.2, -0.15) is 0 Å². The molecule has 1 heterocycles. The molecule has 1 rings (SSSR count). The molecule has 0 aliphatic carbocycles. The molecule has 4 heteroatoms. The summed E-state index contributed by atoms with van der Waals surface area (Å²) in [6.45, 7) is 10.3. The van der Waals surface area contributed by atoms with Gasteiger partial charge in [0.1, 0.15) is 16.8 Å². The van der Waals surface area contributed by atoms with Gasteiger partial charge in [0.15, 0.2) is 0 Å². The first-order valence-electron chi connectivity index (χ1n) is 5.29. The highest BCUT2D eigenvalue weighted by atomic mass is 35.5. The predicted molar refractivity (Wildman–Crippen MR) is 64.5 cm³/mol. The van der Waals surface area contributed by atoms with Crippen LogP contribution in [0.15, 0.2) is 6.07 Å². The van der Waals surface area contributed by atoms with Gasteiger partial charge in [-0.3, -0.25) is 0 Å². The van der Waals surface area contributed by atoms with Gasteiger partial charge < -0.3 is 4.90 Å². The van der Waals surface area contributed by atoms with Gasteiger partial charge in [0.05, 0.1) is 0 Å². The highest BCUT2D eigenvalue weighted by Crippen LogP contribution is 2.16. The number of rotatable bonds is 4.